The Hall–Kier alpha value is -2.86. The van der Waals surface area contributed by atoms with Crippen LogP contribution in [0.5, 0.6) is 0 Å². The quantitative estimate of drug-likeness (QED) is 0.764. The number of rotatable bonds is 3. The summed E-state index contributed by atoms with van der Waals surface area (Å²) in [6, 6.07) is 16.9. The summed E-state index contributed by atoms with van der Waals surface area (Å²) in [5.74, 6) is 7.97. The molecule has 1 N–H and O–H groups in total. The zero-order valence-electron chi connectivity index (χ0n) is 18.5. The smallest absolute Gasteiger partial charge is 0.141 e. The molecule has 2 aromatic rings. The number of nitrogens with zero attached hydrogens (tertiary/aromatic N) is 4. The van der Waals surface area contributed by atoms with E-state index in [2.05, 4.69) is 45.9 Å². The molecule has 6 rings (SSSR count). The standard InChI is InChI=1S/C27H30N4O/c28-19-22-9-16-31(17-10-22)26-7-6-23(25(29-26)18-21-4-2-1-3-5-21)8-13-27(32)20-30-14-11-24(27)12-15-30/h1-7,22,24,32H,9-12,14-18,20H2. The Morgan fingerprint density at radius 3 is 2.41 bits per heavy atom. The van der Waals surface area contributed by atoms with Crippen molar-refractivity contribution in [1.29, 1.82) is 5.26 Å². The molecule has 4 aliphatic rings. The van der Waals surface area contributed by atoms with Gasteiger partial charge in [-0.05, 0) is 56.5 Å². The number of anilines is 1. The van der Waals surface area contributed by atoms with Gasteiger partial charge in [-0.25, -0.2) is 4.98 Å². The van der Waals surface area contributed by atoms with Crippen molar-refractivity contribution >= 4 is 5.82 Å². The van der Waals surface area contributed by atoms with Crippen LogP contribution in [0.3, 0.4) is 0 Å². The van der Waals surface area contributed by atoms with Crippen LogP contribution in [0.15, 0.2) is 42.5 Å². The second-order valence-corrected chi connectivity index (χ2v) is 9.44. The van der Waals surface area contributed by atoms with Gasteiger partial charge in [0.15, 0.2) is 0 Å². The van der Waals surface area contributed by atoms with Crippen LogP contribution in [0.2, 0.25) is 0 Å². The van der Waals surface area contributed by atoms with E-state index in [0.29, 0.717) is 13.0 Å². The van der Waals surface area contributed by atoms with Gasteiger partial charge in [-0.1, -0.05) is 42.2 Å². The fourth-order valence-corrected chi connectivity index (χ4v) is 5.30. The first kappa shape index (κ1) is 21.0. The molecule has 1 atom stereocenters. The third kappa shape index (κ3) is 4.37. The lowest BCUT2D eigenvalue weighted by Crippen LogP contribution is -2.58. The number of aromatic nitrogens is 1. The minimum atomic E-state index is -0.918. The molecule has 5 nitrogen and oxygen atoms in total. The maximum absolute atomic E-state index is 11.2. The Morgan fingerprint density at radius 2 is 1.75 bits per heavy atom. The molecule has 0 amide bonds. The van der Waals surface area contributed by atoms with Crippen LogP contribution in [0, 0.1) is 35.0 Å². The van der Waals surface area contributed by atoms with Crippen LogP contribution in [0.25, 0.3) is 0 Å². The Morgan fingerprint density at radius 1 is 1.00 bits per heavy atom. The fourth-order valence-electron chi connectivity index (χ4n) is 5.30. The van der Waals surface area contributed by atoms with E-state index in [9.17, 15) is 10.4 Å². The van der Waals surface area contributed by atoms with Gasteiger partial charge in [0.05, 0.1) is 11.8 Å². The van der Waals surface area contributed by atoms with Gasteiger partial charge >= 0.3 is 0 Å². The van der Waals surface area contributed by atoms with E-state index in [0.717, 1.165) is 68.9 Å². The van der Waals surface area contributed by atoms with Crippen LogP contribution in [0.4, 0.5) is 5.82 Å². The molecule has 4 saturated heterocycles. The largest absolute Gasteiger partial charge is 0.376 e. The van der Waals surface area contributed by atoms with Gasteiger partial charge in [0.25, 0.3) is 0 Å². The summed E-state index contributed by atoms with van der Waals surface area (Å²) >= 11 is 0. The number of benzene rings is 1. The van der Waals surface area contributed by atoms with E-state index in [1.165, 1.54) is 5.56 Å². The summed E-state index contributed by atoms with van der Waals surface area (Å²) in [7, 11) is 0. The summed E-state index contributed by atoms with van der Waals surface area (Å²) in [6.45, 7) is 4.52. The molecule has 5 heteroatoms. The molecule has 5 heterocycles. The van der Waals surface area contributed by atoms with E-state index in [1.54, 1.807) is 0 Å². The first-order valence-electron chi connectivity index (χ1n) is 11.8. The summed E-state index contributed by atoms with van der Waals surface area (Å²) in [5, 5.41) is 20.4. The first-order chi connectivity index (χ1) is 15.6. The molecular weight excluding hydrogens is 396 g/mol. The number of nitriles is 1. The van der Waals surface area contributed by atoms with Gasteiger partial charge in [0.2, 0.25) is 0 Å². The van der Waals surface area contributed by atoms with Crippen LogP contribution < -0.4 is 4.90 Å². The average molecular weight is 427 g/mol. The molecule has 2 bridgehead atoms. The van der Waals surface area contributed by atoms with E-state index < -0.39 is 5.60 Å². The van der Waals surface area contributed by atoms with E-state index in [-0.39, 0.29) is 11.8 Å². The maximum atomic E-state index is 11.2. The van der Waals surface area contributed by atoms with Gasteiger partial charge in [-0.15, -0.1) is 0 Å². The highest BCUT2D eigenvalue weighted by Crippen LogP contribution is 2.35. The second-order valence-electron chi connectivity index (χ2n) is 9.44. The number of hydrogen-bond donors (Lipinski definition) is 1. The zero-order chi connectivity index (χ0) is 22.0. The average Bonchev–Trinajstić information content (AvgIpc) is 2.84. The molecule has 1 aromatic carbocycles. The van der Waals surface area contributed by atoms with Gasteiger partial charge < -0.3 is 10.0 Å². The van der Waals surface area contributed by atoms with E-state index in [4.69, 9.17) is 4.98 Å². The predicted molar refractivity (Wildman–Crippen MR) is 125 cm³/mol. The summed E-state index contributed by atoms with van der Waals surface area (Å²) in [4.78, 5) is 9.63. The maximum Gasteiger partial charge on any atom is 0.141 e. The van der Waals surface area contributed by atoms with Crippen molar-refractivity contribution in [2.75, 3.05) is 37.6 Å². The first-order valence-corrected chi connectivity index (χ1v) is 11.8. The number of piperidine rings is 4. The molecule has 0 spiro atoms. The molecule has 4 fully saturated rings. The van der Waals surface area contributed by atoms with Gasteiger partial charge in [0.1, 0.15) is 11.4 Å². The highest BCUT2D eigenvalue weighted by molar-refractivity contribution is 5.49. The Kier molecular flexibility index (Phi) is 5.87. The summed E-state index contributed by atoms with van der Waals surface area (Å²) in [6.07, 6.45) is 4.54. The minimum Gasteiger partial charge on any atom is -0.376 e. The van der Waals surface area contributed by atoms with Crippen LogP contribution in [0.1, 0.15) is 42.5 Å². The number of fused-ring (bicyclic) bond motifs is 3. The van der Waals surface area contributed by atoms with Crippen molar-refractivity contribution in [3.63, 3.8) is 0 Å². The molecule has 4 aliphatic heterocycles. The van der Waals surface area contributed by atoms with Crippen molar-refractivity contribution < 1.29 is 5.11 Å². The molecule has 32 heavy (non-hydrogen) atoms. The number of hydrogen-bond acceptors (Lipinski definition) is 5. The van der Waals surface area contributed by atoms with Crippen molar-refractivity contribution in [3.05, 3.63) is 59.3 Å². The molecule has 0 radical (unpaired) electrons. The fraction of sp³-hybridized carbons (Fsp3) is 0.481. The minimum absolute atomic E-state index is 0.155. The highest BCUT2D eigenvalue weighted by atomic mass is 16.3. The second kappa shape index (κ2) is 8.94. The zero-order valence-corrected chi connectivity index (χ0v) is 18.5. The Labute approximate surface area is 190 Å². The topological polar surface area (TPSA) is 63.4 Å². The Bertz CT molecular complexity index is 1050. The van der Waals surface area contributed by atoms with Gasteiger partial charge in [0, 0.05) is 43.5 Å². The molecule has 1 unspecified atom stereocenters. The molecule has 1 aromatic heterocycles. The number of aliphatic hydroxyl groups is 1. The summed E-state index contributed by atoms with van der Waals surface area (Å²) in [5.41, 5.74) is 2.13. The van der Waals surface area contributed by atoms with Crippen molar-refractivity contribution in [2.45, 2.75) is 37.7 Å². The van der Waals surface area contributed by atoms with Crippen molar-refractivity contribution in [1.82, 2.24) is 9.88 Å². The van der Waals surface area contributed by atoms with Gasteiger partial charge in [-0.3, -0.25) is 4.90 Å². The highest BCUT2D eigenvalue weighted by Gasteiger charge is 2.44. The lowest BCUT2D eigenvalue weighted by Gasteiger charge is -2.47. The summed E-state index contributed by atoms with van der Waals surface area (Å²) < 4.78 is 0. The van der Waals surface area contributed by atoms with Gasteiger partial charge in [-0.2, -0.15) is 5.26 Å². The molecular formula is C27H30N4O. The molecule has 164 valence electrons. The normalized spacial score (nSPS) is 27.4. The number of pyridine rings is 1. The SMILES string of the molecule is N#CC1CCN(c2ccc(C#CC3(O)CN4CCC3CC4)c(Cc3ccccc3)n2)CC1. The van der Waals surface area contributed by atoms with Crippen molar-refractivity contribution in [3.8, 4) is 17.9 Å². The third-order valence-electron chi connectivity index (χ3n) is 7.32. The van der Waals surface area contributed by atoms with Crippen molar-refractivity contribution in [2.24, 2.45) is 11.8 Å². The van der Waals surface area contributed by atoms with Crippen LogP contribution in [-0.2, 0) is 6.42 Å². The lowest BCUT2D eigenvalue weighted by molar-refractivity contribution is -0.0713. The molecule has 0 saturated carbocycles. The molecule has 0 aliphatic carbocycles. The predicted octanol–water partition coefficient (Wildman–Crippen LogP) is 3.22. The Balaban J connectivity index is 1.44. The van der Waals surface area contributed by atoms with Crippen LogP contribution >= 0.6 is 0 Å². The van der Waals surface area contributed by atoms with E-state index >= 15 is 0 Å². The van der Waals surface area contributed by atoms with Crippen LogP contribution in [-0.4, -0.2) is 53.3 Å². The third-order valence-corrected chi connectivity index (χ3v) is 7.32. The van der Waals surface area contributed by atoms with E-state index in [1.807, 2.05) is 24.3 Å². The monoisotopic (exact) mass is 426 g/mol. The lowest BCUT2D eigenvalue weighted by atomic mass is 9.75.